The van der Waals surface area contributed by atoms with Gasteiger partial charge < -0.3 is 14.8 Å². The summed E-state index contributed by atoms with van der Waals surface area (Å²) < 4.78 is 2.04. The lowest BCUT2D eigenvalue weighted by atomic mass is 9.87. The summed E-state index contributed by atoms with van der Waals surface area (Å²) in [6, 6.07) is 6.03. The molecule has 0 bridgehead atoms. The lowest BCUT2D eigenvalue weighted by molar-refractivity contribution is 0.101. The maximum atomic E-state index is 9.65. The van der Waals surface area contributed by atoms with E-state index < -0.39 is 0 Å². The molecule has 2 atom stereocenters. The summed E-state index contributed by atoms with van der Waals surface area (Å²) in [5.74, 6) is 0.612. The zero-order valence-electron chi connectivity index (χ0n) is 11.1. The molecule has 1 fully saturated rings. The highest BCUT2D eigenvalue weighted by atomic mass is 16.3. The molecule has 2 N–H and O–H groups in total. The van der Waals surface area contributed by atoms with Crippen molar-refractivity contribution in [2.75, 3.05) is 6.54 Å². The quantitative estimate of drug-likeness (QED) is 0.882. The van der Waals surface area contributed by atoms with Crippen LogP contribution < -0.4 is 5.32 Å². The minimum Gasteiger partial charge on any atom is -0.393 e. The van der Waals surface area contributed by atoms with Crippen molar-refractivity contribution < 1.29 is 5.11 Å². The van der Waals surface area contributed by atoms with E-state index in [0.29, 0.717) is 5.92 Å². The van der Waals surface area contributed by atoms with E-state index in [1.807, 2.05) is 28.8 Å². The highest BCUT2D eigenvalue weighted by Gasteiger charge is 2.19. The summed E-state index contributed by atoms with van der Waals surface area (Å²) in [5, 5.41) is 13.1. The first-order valence-corrected chi connectivity index (χ1v) is 7.12. The number of aromatic nitrogens is 2. The van der Waals surface area contributed by atoms with Gasteiger partial charge in [0.05, 0.1) is 11.8 Å². The van der Waals surface area contributed by atoms with Crippen LogP contribution in [0.5, 0.6) is 0 Å². The first kappa shape index (κ1) is 12.6. The molecule has 1 saturated carbocycles. The van der Waals surface area contributed by atoms with Gasteiger partial charge in [-0.1, -0.05) is 12.5 Å². The number of nitrogens with one attached hydrogen (secondary N) is 1. The third-order valence-corrected chi connectivity index (χ3v) is 3.91. The number of aliphatic hydroxyl groups is 1. The van der Waals surface area contributed by atoms with Gasteiger partial charge in [0.2, 0.25) is 0 Å². The van der Waals surface area contributed by atoms with Gasteiger partial charge in [-0.2, -0.15) is 0 Å². The standard InChI is InChI=1S/C15H21N3O/c19-14-5-3-4-12(8-14)9-16-10-13-11-18-7-2-1-6-15(18)17-13/h1-2,6-7,11-12,14,16,19H,3-5,8-10H2. The highest BCUT2D eigenvalue weighted by Crippen LogP contribution is 2.23. The third-order valence-electron chi connectivity index (χ3n) is 3.91. The van der Waals surface area contributed by atoms with Gasteiger partial charge in [0.25, 0.3) is 0 Å². The Labute approximate surface area is 113 Å². The molecule has 0 spiro atoms. The molecule has 4 nitrogen and oxygen atoms in total. The van der Waals surface area contributed by atoms with Crippen LogP contribution in [0.25, 0.3) is 5.65 Å². The molecule has 19 heavy (non-hydrogen) atoms. The van der Waals surface area contributed by atoms with Gasteiger partial charge in [0.15, 0.2) is 0 Å². The molecule has 0 amide bonds. The van der Waals surface area contributed by atoms with Crippen molar-refractivity contribution in [3.63, 3.8) is 0 Å². The summed E-state index contributed by atoms with van der Waals surface area (Å²) in [6.07, 6.45) is 8.30. The number of rotatable bonds is 4. The molecule has 1 aliphatic carbocycles. The second-order valence-corrected chi connectivity index (χ2v) is 5.52. The maximum absolute atomic E-state index is 9.65. The Morgan fingerprint density at radius 1 is 1.37 bits per heavy atom. The van der Waals surface area contributed by atoms with Gasteiger partial charge in [-0.3, -0.25) is 0 Å². The van der Waals surface area contributed by atoms with Crippen LogP contribution in [0.15, 0.2) is 30.6 Å². The van der Waals surface area contributed by atoms with Gasteiger partial charge in [0.1, 0.15) is 5.65 Å². The largest absolute Gasteiger partial charge is 0.393 e. The smallest absolute Gasteiger partial charge is 0.137 e. The molecule has 0 aromatic carbocycles. The van der Waals surface area contributed by atoms with E-state index in [1.54, 1.807) is 0 Å². The van der Waals surface area contributed by atoms with E-state index in [-0.39, 0.29) is 6.10 Å². The fourth-order valence-corrected chi connectivity index (χ4v) is 2.92. The van der Waals surface area contributed by atoms with Crippen molar-refractivity contribution in [1.82, 2.24) is 14.7 Å². The molecule has 2 aromatic heterocycles. The van der Waals surface area contributed by atoms with Gasteiger partial charge in [-0.05, 0) is 43.9 Å². The summed E-state index contributed by atoms with van der Waals surface area (Å²) in [6.45, 7) is 1.78. The van der Waals surface area contributed by atoms with Crippen LogP contribution in [0.2, 0.25) is 0 Å². The van der Waals surface area contributed by atoms with Crippen molar-refractivity contribution in [3.8, 4) is 0 Å². The molecule has 2 heterocycles. The van der Waals surface area contributed by atoms with E-state index in [0.717, 1.165) is 43.7 Å². The Balaban J connectivity index is 1.51. The fourth-order valence-electron chi connectivity index (χ4n) is 2.92. The lowest BCUT2D eigenvalue weighted by Gasteiger charge is -2.25. The second kappa shape index (κ2) is 5.72. The number of pyridine rings is 1. The number of imidazole rings is 1. The Bertz CT molecular complexity index is 504. The Kier molecular flexibility index (Phi) is 3.80. The third kappa shape index (κ3) is 3.14. The van der Waals surface area contributed by atoms with Gasteiger partial charge in [0, 0.05) is 18.9 Å². The second-order valence-electron chi connectivity index (χ2n) is 5.52. The van der Waals surface area contributed by atoms with Crippen molar-refractivity contribution in [2.45, 2.75) is 38.3 Å². The topological polar surface area (TPSA) is 49.6 Å². The van der Waals surface area contributed by atoms with E-state index in [2.05, 4.69) is 16.5 Å². The fraction of sp³-hybridized carbons (Fsp3) is 0.533. The predicted octanol–water partition coefficient (Wildman–Crippen LogP) is 1.98. The molecule has 0 aliphatic heterocycles. The van der Waals surface area contributed by atoms with Gasteiger partial charge >= 0.3 is 0 Å². The van der Waals surface area contributed by atoms with Crippen molar-refractivity contribution in [2.24, 2.45) is 5.92 Å². The van der Waals surface area contributed by atoms with E-state index in [4.69, 9.17) is 0 Å². The van der Waals surface area contributed by atoms with Crippen LogP contribution in [-0.2, 0) is 6.54 Å². The van der Waals surface area contributed by atoms with Gasteiger partial charge in [-0.15, -0.1) is 0 Å². The number of hydrogen-bond acceptors (Lipinski definition) is 3. The van der Waals surface area contributed by atoms with Crippen LogP contribution in [0.1, 0.15) is 31.4 Å². The van der Waals surface area contributed by atoms with Crippen LogP contribution in [-0.4, -0.2) is 27.1 Å². The summed E-state index contributed by atoms with van der Waals surface area (Å²) in [4.78, 5) is 4.56. The molecule has 4 heteroatoms. The first-order valence-electron chi connectivity index (χ1n) is 7.12. The molecular weight excluding hydrogens is 238 g/mol. The molecule has 0 saturated heterocycles. The lowest BCUT2D eigenvalue weighted by Crippen LogP contribution is -2.28. The van der Waals surface area contributed by atoms with E-state index in [9.17, 15) is 5.11 Å². The maximum Gasteiger partial charge on any atom is 0.137 e. The predicted molar refractivity (Wildman–Crippen MR) is 74.9 cm³/mol. The average molecular weight is 259 g/mol. The van der Waals surface area contributed by atoms with Crippen LogP contribution >= 0.6 is 0 Å². The highest BCUT2D eigenvalue weighted by molar-refractivity contribution is 5.39. The zero-order chi connectivity index (χ0) is 13.1. The van der Waals surface area contributed by atoms with Crippen LogP contribution in [0.3, 0.4) is 0 Å². The summed E-state index contributed by atoms with van der Waals surface area (Å²) >= 11 is 0. The molecule has 2 unspecified atom stereocenters. The van der Waals surface area contributed by atoms with Crippen LogP contribution in [0.4, 0.5) is 0 Å². The average Bonchev–Trinajstić information content (AvgIpc) is 2.81. The Morgan fingerprint density at radius 3 is 3.16 bits per heavy atom. The summed E-state index contributed by atoms with van der Waals surface area (Å²) in [5.41, 5.74) is 2.06. The zero-order valence-corrected chi connectivity index (χ0v) is 11.1. The van der Waals surface area contributed by atoms with E-state index in [1.165, 1.54) is 6.42 Å². The number of nitrogens with zero attached hydrogens (tertiary/aromatic N) is 2. The van der Waals surface area contributed by atoms with Crippen molar-refractivity contribution in [1.29, 1.82) is 0 Å². The minimum absolute atomic E-state index is 0.0873. The monoisotopic (exact) mass is 259 g/mol. The molecule has 1 aliphatic rings. The number of hydrogen-bond donors (Lipinski definition) is 2. The van der Waals surface area contributed by atoms with E-state index >= 15 is 0 Å². The molecule has 102 valence electrons. The Hall–Kier alpha value is -1.39. The molecule has 3 rings (SSSR count). The molecular formula is C15H21N3O. The molecule has 0 radical (unpaired) electrons. The van der Waals surface area contributed by atoms with Crippen molar-refractivity contribution >= 4 is 5.65 Å². The molecule has 2 aromatic rings. The van der Waals surface area contributed by atoms with Crippen LogP contribution in [0, 0.1) is 5.92 Å². The number of aliphatic hydroxyl groups excluding tert-OH is 1. The normalized spacial score (nSPS) is 23.8. The first-order chi connectivity index (χ1) is 9.31. The number of fused-ring (bicyclic) bond motifs is 1. The van der Waals surface area contributed by atoms with Crippen molar-refractivity contribution in [3.05, 3.63) is 36.3 Å². The Morgan fingerprint density at radius 2 is 2.32 bits per heavy atom. The minimum atomic E-state index is -0.0873. The van der Waals surface area contributed by atoms with Gasteiger partial charge in [-0.25, -0.2) is 4.98 Å². The SMILES string of the molecule is OC1CCCC(CNCc2cn3ccccc3n2)C1. The summed E-state index contributed by atoms with van der Waals surface area (Å²) in [7, 11) is 0.